The van der Waals surface area contributed by atoms with Gasteiger partial charge in [-0.25, -0.2) is 0 Å². The lowest BCUT2D eigenvalue weighted by atomic mass is 10.1. The summed E-state index contributed by atoms with van der Waals surface area (Å²) in [6, 6.07) is 13.8. The van der Waals surface area contributed by atoms with Crippen molar-refractivity contribution >= 4 is 22.6 Å². The summed E-state index contributed by atoms with van der Waals surface area (Å²) in [7, 11) is 1.56. The molecular formula is C16H11ClO3. The van der Waals surface area contributed by atoms with Crippen LogP contribution in [0.3, 0.4) is 0 Å². The van der Waals surface area contributed by atoms with Gasteiger partial charge in [0.05, 0.1) is 17.5 Å². The molecule has 0 N–H and O–H groups in total. The molecule has 3 aromatic rings. The Morgan fingerprint density at radius 1 is 1.10 bits per heavy atom. The lowest BCUT2D eigenvalue weighted by Gasteiger charge is -2.06. The van der Waals surface area contributed by atoms with Crippen molar-refractivity contribution < 1.29 is 9.15 Å². The van der Waals surface area contributed by atoms with E-state index < -0.39 is 0 Å². The summed E-state index contributed by atoms with van der Waals surface area (Å²) in [6.45, 7) is 0. The molecule has 0 saturated carbocycles. The first kappa shape index (κ1) is 12.8. The lowest BCUT2D eigenvalue weighted by Crippen LogP contribution is -2.00. The number of ether oxygens (including phenoxy) is 1. The van der Waals surface area contributed by atoms with Crippen molar-refractivity contribution in [2.24, 2.45) is 0 Å². The molecular weight excluding hydrogens is 276 g/mol. The molecule has 0 aliphatic heterocycles. The van der Waals surface area contributed by atoms with Crippen LogP contribution in [0.15, 0.2) is 57.7 Å². The first-order chi connectivity index (χ1) is 9.69. The van der Waals surface area contributed by atoms with Crippen molar-refractivity contribution in [3.8, 4) is 17.1 Å². The highest BCUT2D eigenvalue weighted by molar-refractivity contribution is 6.33. The third-order valence-electron chi connectivity index (χ3n) is 3.07. The fourth-order valence-electron chi connectivity index (χ4n) is 2.06. The van der Waals surface area contributed by atoms with E-state index >= 15 is 0 Å². The van der Waals surface area contributed by atoms with Crippen molar-refractivity contribution in [2.45, 2.75) is 0 Å². The molecule has 20 heavy (non-hydrogen) atoms. The smallest absolute Gasteiger partial charge is 0.193 e. The van der Waals surface area contributed by atoms with Gasteiger partial charge in [-0.1, -0.05) is 23.7 Å². The predicted octanol–water partition coefficient (Wildman–Crippen LogP) is 4.12. The average molecular weight is 287 g/mol. The molecule has 0 aliphatic carbocycles. The highest BCUT2D eigenvalue weighted by Crippen LogP contribution is 2.29. The number of benzene rings is 2. The fourth-order valence-corrected chi connectivity index (χ4v) is 2.28. The zero-order valence-electron chi connectivity index (χ0n) is 10.7. The van der Waals surface area contributed by atoms with Gasteiger partial charge in [0, 0.05) is 11.6 Å². The highest BCUT2D eigenvalue weighted by Gasteiger charge is 2.10. The second kappa shape index (κ2) is 5.02. The molecule has 1 aromatic heterocycles. The molecule has 1 heterocycles. The van der Waals surface area contributed by atoms with Gasteiger partial charge in [0.1, 0.15) is 17.1 Å². The molecule has 0 bridgehead atoms. The van der Waals surface area contributed by atoms with Crippen LogP contribution in [0, 0.1) is 0 Å². The lowest BCUT2D eigenvalue weighted by molar-refractivity contribution is 0.415. The molecule has 0 unspecified atom stereocenters. The summed E-state index contributed by atoms with van der Waals surface area (Å²) < 4.78 is 10.9. The number of methoxy groups -OCH3 is 1. The van der Waals surface area contributed by atoms with Gasteiger partial charge in [-0.05, 0) is 30.3 Å². The van der Waals surface area contributed by atoms with Gasteiger partial charge in [-0.15, -0.1) is 0 Å². The minimum Gasteiger partial charge on any atom is -0.497 e. The second-order valence-corrected chi connectivity index (χ2v) is 4.72. The quantitative estimate of drug-likeness (QED) is 0.711. The van der Waals surface area contributed by atoms with Crippen LogP contribution in [0.25, 0.3) is 22.3 Å². The van der Waals surface area contributed by atoms with Gasteiger partial charge in [-0.3, -0.25) is 4.79 Å². The summed E-state index contributed by atoms with van der Waals surface area (Å²) in [5, 5.41) is 1.03. The Bertz CT molecular complexity index is 836. The molecule has 2 aromatic carbocycles. The van der Waals surface area contributed by atoms with Crippen molar-refractivity contribution in [2.75, 3.05) is 7.11 Å². The molecule has 4 heteroatoms. The first-order valence-electron chi connectivity index (χ1n) is 6.06. The number of hydrogen-bond donors (Lipinski definition) is 0. The Kier molecular flexibility index (Phi) is 3.20. The first-order valence-corrected chi connectivity index (χ1v) is 6.43. The maximum atomic E-state index is 12.2. The number of hydrogen-bond acceptors (Lipinski definition) is 3. The van der Waals surface area contributed by atoms with Crippen molar-refractivity contribution in [3.63, 3.8) is 0 Å². The van der Waals surface area contributed by atoms with Crippen LogP contribution >= 0.6 is 11.6 Å². The van der Waals surface area contributed by atoms with Gasteiger partial charge in [-0.2, -0.15) is 0 Å². The van der Waals surface area contributed by atoms with E-state index in [2.05, 4.69) is 0 Å². The van der Waals surface area contributed by atoms with Gasteiger partial charge < -0.3 is 9.15 Å². The summed E-state index contributed by atoms with van der Waals surface area (Å²) in [4.78, 5) is 12.2. The summed E-state index contributed by atoms with van der Waals surface area (Å²) in [5.74, 6) is 1.08. The fraction of sp³-hybridized carbons (Fsp3) is 0.0625. The Hall–Kier alpha value is -2.26. The van der Waals surface area contributed by atoms with E-state index in [1.165, 1.54) is 6.07 Å². The second-order valence-electron chi connectivity index (χ2n) is 4.32. The Morgan fingerprint density at radius 2 is 1.90 bits per heavy atom. The molecule has 0 atom stereocenters. The van der Waals surface area contributed by atoms with E-state index in [-0.39, 0.29) is 5.43 Å². The minimum absolute atomic E-state index is 0.125. The minimum atomic E-state index is -0.125. The predicted molar refractivity (Wildman–Crippen MR) is 79.5 cm³/mol. The third-order valence-corrected chi connectivity index (χ3v) is 3.40. The molecule has 0 spiro atoms. The number of rotatable bonds is 2. The zero-order chi connectivity index (χ0) is 14.1. The van der Waals surface area contributed by atoms with Crippen LogP contribution < -0.4 is 10.2 Å². The van der Waals surface area contributed by atoms with Crippen LogP contribution in [-0.4, -0.2) is 7.11 Å². The molecule has 3 rings (SSSR count). The molecule has 3 nitrogen and oxygen atoms in total. The molecule has 0 amide bonds. The average Bonchev–Trinajstić information content (AvgIpc) is 2.47. The van der Waals surface area contributed by atoms with Crippen LogP contribution in [0.2, 0.25) is 5.02 Å². The van der Waals surface area contributed by atoms with Gasteiger partial charge in [0.15, 0.2) is 5.43 Å². The van der Waals surface area contributed by atoms with E-state index in [0.717, 1.165) is 0 Å². The van der Waals surface area contributed by atoms with Gasteiger partial charge in [0.25, 0.3) is 0 Å². The largest absolute Gasteiger partial charge is 0.497 e. The summed E-state index contributed by atoms with van der Waals surface area (Å²) >= 11 is 6.13. The van der Waals surface area contributed by atoms with Crippen molar-refractivity contribution in [1.29, 1.82) is 0 Å². The maximum absolute atomic E-state index is 12.2. The summed E-state index contributed by atoms with van der Waals surface area (Å²) in [6.07, 6.45) is 0. The Balaban J connectivity index is 2.26. The molecule has 100 valence electrons. The normalized spacial score (nSPS) is 10.7. The van der Waals surface area contributed by atoms with Gasteiger partial charge >= 0.3 is 0 Å². The zero-order valence-corrected chi connectivity index (χ0v) is 11.5. The molecule has 0 radical (unpaired) electrons. The van der Waals surface area contributed by atoms with Crippen LogP contribution in [0.1, 0.15) is 0 Å². The maximum Gasteiger partial charge on any atom is 0.193 e. The SMILES string of the molecule is COc1ccc2oc(-c3ccccc3Cl)cc(=O)c2c1. The van der Waals surface area contributed by atoms with E-state index in [0.29, 0.717) is 33.1 Å². The number of fused-ring (bicyclic) bond motifs is 1. The van der Waals surface area contributed by atoms with Crippen LogP contribution in [0.4, 0.5) is 0 Å². The van der Waals surface area contributed by atoms with E-state index in [4.69, 9.17) is 20.8 Å². The van der Waals surface area contributed by atoms with E-state index in [1.54, 1.807) is 31.4 Å². The third kappa shape index (κ3) is 2.17. The standard InChI is InChI=1S/C16H11ClO3/c1-19-10-6-7-15-12(8-10)14(18)9-16(20-15)11-4-2-3-5-13(11)17/h2-9H,1H3. The highest BCUT2D eigenvalue weighted by atomic mass is 35.5. The Morgan fingerprint density at radius 3 is 2.65 bits per heavy atom. The van der Waals surface area contributed by atoms with Crippen LogP contribution in [-0.2, 0) is 0 Å². The van der Waals surface area contributed by atoms with Crippen LogP contribution in [0.5, 0.6) is 5.75 Å². The molecule has 0 saturated heterocycles. The van der Waals surface area contributed by atoms with E-state index in [9.17, 15) is 4.79 Å². The van der Waals surface area contributed by atoms with Crippen molar-refractivity contribution in [1.82, 2.24) is 0 Å². The molecule has 0 aliphatic rings. The monoisotopic (exact) mass is 286 g/mol. The van der Waals surface area contributed by atoms with Crippen molar-refractivity contribution in [3.05, 3.63) is 63.8 Å². The molecule has 0 fully saturated rings. The topological polar surface area (TPSA) is 39.4 Å². The Labute approximate surface area is 120 Å². The van der Waals surface area contributed by atoms with E-state index in [1.807, 2.05) is 18.2 Å². The number of halogens is 1. The summed E-state index contributed by atoms with van der Waals surface area (Å²) in [5.41, 5.74) is 1.08. The van der Waals surface area contributed by atoms with Gasteiger partial charge in [0.2, 0.25) is 0 Å².